The first-order chi connectivity index (χ1) is 14.2. The van der Waals surface area contributed by atoms with E-state index >= 15 is 0 Å². The minimum absolute atomic E-state index is 0.0186. The molecule has 0 atom stereocenters. The fourth-order valence-electron chi connectivity index (χ4n) is 4.29. The number of sulfone groups is 1. The van der Waals surface area contributed by atoms with Crippen molar-refractivity contribution in [3.63, 3.8) is 0 Å². The molecule has 0 bridgehead atoms. The first kappa shape index (κ1) is 22.5. The Morgan fingerprint density at radius 3 is 2.43 bits per heavy atom. The predicted octanol–water partition coefficient (Wildman–Crippen LogP) is 1.91. The Morgan fingerprint density at radius 2 is 1.87 bits per heavy atom. The van der Waals surface area contributed by atoms with Crippen LogP contribution in [0.3, 0.4) is 0 Å². The standard InChI is InChI=1S/C20H28N2O7S/c1-3-28-19(25)15-13-22(21-18(15)29-11-4-12-30(2,26)27)14-7-9-20(10-8-14)16(23)5-6-17(20)24/h13-14H,3-12H2,1-2H3. The number of ether oxygens (including phenoxy) is 2. The van der Waals surface area contributed by atoms with Crippen molar-refractivity contribution in [3.05, 3.63) is 11.8 Å². The van der Waals surface area contributed by atoms with Crippen molar-refractivity contribution >= 4 is 27.4 Å². The maximum absolute atomic E-state index is 12.3. The Morgan fingerprint density at radius 1 is 1.23 bits per heavy atom. The van der Waals surface area contributed by atoms with E-state index in [1.807, 2.05) is 0 Å². The number of hydrogen-bond donors (Lipinski definition) is 0. The molecule has 0 saturated heterocycles. The van der Waals surface area contributed by atoms with Gasteiger partial charge in [-0.05, 0) is 39.0 Å². The second kappa shape index (κ2) is 8.87. The van der Waals surface area contributed by atoms with Gasteiger partial charge < -0.3 is 9.47 Å². The molecule has 9 nitrogen and oxygen atoms in total. The zero-order valence-electron chi connectivity index (χ0n) is 17.4. The Balaban J connectivity index is 1.71. The van der Waals surface area contributed by atoms with E-state index in [1.165, 1.54) is 0 Å². The maximum Gasteiger partial charge on any atom is 0.345 e. The summed E-state index contributed by atoms with van der Waals surface area (Å²) in [5.41, 5.74) is -0.636. The fourth-order valence-corrected chi connectivity index (χ4v) is 4.93. The Labute approximate surface area is 176 Å². The van der Waals surface area contributed by atoms with Crippen LogP contribution in [-0.4, -0.2) is 61.0 Å². The zero-order valence-corrected chi connectivity index (χ0v) is 18.2. The summed E-state index contributed by atoms with van der Waals surface area (Å²) in [6.07, 6.45) is 5.89. The Kier molecular flexibility index (Phi) is 6.64. The SMILES string of the molecule is CCOC(=O)c1cn(C2CCC3(CC2)C(=O)CCC3=O)nc1OCCCS(C)(=O)=O. The third kappa shape index (κ3) is 4.74. The van der Waals surface area contributed by atoms with Crippen molar-refractivity contribution in [1.82, 2.24) is 9.78 Å². The van der Waals surface area contributed by atoms with Crippen LogP contribution >= 0.6 is 0 Å². The van der Waals surface area contributed by atoms with Gasteiger partial charge in [0.05, 0.1) is 30.4 Å². The summed E-state index contributed by atoms with van der Waals surface area (Å²) in [4.78, 5) is 36.9. The molecule has 0 unspecified atom stereocenters. The van der Waals surface area contributed by atoms with Crippen molar-refractivity contribution in [3.8, 4) is 5.88 Å². The van der Waals surface area contributed by atoms with E-state index in [4.69, 9.17) is 9.47 Å². The summed E-state index contributed by atoms with van der Waals surface area (Å²) < 4.78 is 34.9. The number of carbonyl (C=O) groups excluding carboxylic acids is 3. The topological polar surface area (TPSA) is 122 Å². The van der Waals surface area contributed by atoms with Crippen LogP contribution in [0.1, 0.15) is 68.3 Å². The quantitative estimate of drug-likeness (QED) is 0.341. The van der Waals surface area contributed by atoms with Crippen LogP contribution in [0.4, 0.5) is 0 Å². The lowest BCUT2D eigenvalue weighted by Gasteiger charge is -2.34. The molecule has 1 spiro atoms. The Bertz CT molecular complexity index is 909. The highest BCUT2D eigenvalue weighted by atomic mass is 32.2. The molecule has 2 aliphatic rings. The minimum Gasteiger partial charge on any atom is -0.476 e. The largest absolute Gasteiger partial charge is 0.476 e. The summed E-state index contributed by atoms with van der Waals surface area (Å²) in [7, 11) is -3.10. The van der Waals surface area contributed by atoms with Gasteiger partial charge in [0.25, 0.3) is 0 Å². The normalized spacial score (nSPS) is 19.4. The summed E-state index contributed by atoms with van der Waals surface area (Å²) in [6.45, 7) is 2.01. The van der Waals surface area contributed by atoms with Gasteiger partial charge in [-0.25, -0.2) is 13.2 Å². The van der Waals surface area contributed by atoms with Crippen LogP contribution in [0, 0.1) is 5.41 Å². The molecular formula is C20H28N2O7S. The molecule has 30 heavy (non-hydrogen) atoms. The molecule has 1 aromatic rings. The van der Waals surface area contributed by atoms with Crippen LogP contribution in [0.25, 0.3) is 0 Å². The highest BCUT2D eigenvalue weighted by Gasteiger charge is 2.51. The van der Waals surface area contributed by atoms with E-state index in [0.29, 0.717) is 38.5 Å². The molecule has 0 amide bonds. The van der Waals surface area contributed by atoms with Crippen LogP contribution < -0.4 is 4.74 Å². The van der Waals surface area contributed by atoms with Gasteiger partial charge in [0.1, 0.15) is 27.0 Å². The van der Waals surface area contributed by atoms with Crippen molar-refractivity contribution in [1.29, 1.82) is 0 Å². The van der Waals surface area contributed by atoms with Gasteiger partial charge in [0.15, 0.2) is 0 Å². The molecule has 0 aliphatic heterocycles. The number of ketones is 2. The molecule has 0 aromatic carbocycles. The average Bonchev–Trinajstić information content (AvgIpc) is 3.23. The first-order valence-electron chi connectivity index (χ1n) is 10.3. The van der Waals surface area contributed by atoms with Gasteiger partial charge in [0, 0.05) is 25.3 Å². The highest BCUT2D eigenvalue weighted by Crippen LogP contribution is 2.47. The summed E-state index contributed by atoms with van der Waals surface area (Å²) in [5, 5.41) is 4.40. The molecule has 2 aliphatic carbocycles. The van der Waals surface area contributed by atoms with Gasteiger partial charge in [-0.1, -0.05) is 0 Å². The number of carbonyl (C=O) groups is 3. The van der Waals surface area contributed by atoms with Crippen LogP contribution in [-0.2, 0) is 24.2 Å². The van der Waals surface area contributed by atoms with Crippen molar-refractivity contribution in [2.45, 2.75) is 57.9 Å². The summed E-state index contributed by atoms with van der Waals surface area (Å²) >= 11 is 0. The van der Waals surface area contributed by atoms with Crippen LogP contribution in [0.5, 0.6) is 5.88 Å². The highest BCUT2D eigenvalue weighted by molar-refractivity contribution is 7.90. The molecule has 10 heteroatoms. The predicted molar refractivity (Wildman–Crippen MR) is 107 cm³/mol. The molecule has 1 aromatic heterocycles. The van der Waals surface area contributed by atoms with Gasteiger partial charge >= 0.3 is 5.97 Å². The van der Waals surface area contributed by atoms with Crippen LogP contribution in [0.2, 0.25) is 0 Å². The second-order valence-electron chi connectivity index (χ2n) is 8.04. The molecule has 2 fully saturated rings. The summed E-state index contributed by atoms with van der Waals surface area (Å²) in [6, 6.07) is -0.0571. The smallest absolute Gasteiger partial charge is 0.345 e. The Hall–Kier alpha value is -2.23. The molecule has 1 heterocycles. The van der Waals surface area contributed by atoms with Crippen molar-refractivity contribution < 1.29 is 32.3 Å². The summed E-state index contributed by atoms with van der Waals surface area (Å²) in [5.74, 6) is -0.373. The number of Topliss-reactive ketones (excluding diaryl/α,β-unsaturated/α-hetero) is 2. The van der Waals surface area contributed by atoms with E-state index in [0.717, 1.165) is 6.26 Å². The number of rotatable bonds is 8. The minimum atomic E-state index is -3.10. The lowest BCUT2D eigenvalue weighted by molar-refractivity contribution is -0.137. The van der Waals surface area contributed by atoms with Crippen molar-refractivity contribution in [2.24, 2.45) is 5.41 Å². The van der Waals surface area contributed by atoms with E-state index in [-0.39, 0.29) is 54.4 Å². The van der Waals surface area contributed by atoms with Gasteiger partial charge in [0.2, 0.25) is 5.88 Å². The number of nitrogens with zero attached hydrogens (tertiary/aromatic N) is 2. The number of esters is 1. The third-order valence-corrected chi connectivity index (χ3v) is 6.95. The average molecular weight is 441 g/mol. The maximum atomic E-state index is 12.3. The molecule has 0 radical (unpaired) electrons. The second-order valence-corrected chi connectivity index (χ2v) is 10.3. The zero-order chi connectivity index (χ0) is 21.9. The monoisotopic (exact) mass is 440 g/mol. The lowest BCUT2D eigenvalue weighted by Crippen LogP contribution is -2.37. The molecule has 2 saturated carbocycles. The number of aromatic nitrogens is 2. The molecular weight excluding hydrogens is 412 g/mol. The number of hydrogen-bond acceptors (Lipinski definition) is 8. The van der Waals surface area contributed by atoms with Gasteiger partial charge in [-0.2, -0.15) is 0 Å². The molecule has 0 N–H and O–H groups in total. The van der Waals surface area contributed by atoms with E-state index in [9.17, 15) is 22.8 Å². The van der Waals surface area contributed by atoms with E-state index < -0.39 is 21.2 Å². The van der Waals surface area contributed by atoms with E-state index in [2.05, 4.69) is 5.10 Å². The van der Waals surface area contributed by atoms with Gasteiger partial charge in [-0.3, -0.25) is 14.3 Å². The van der Waals surface area contributed by atoms with Crippen molar-refractivity contribution in [2.75, 3.05) is 25.2 Å². The molecule has 166 valence electrons. The third-order valence-electron chi connectivity index (χ3n) is 5.92. The lowest BCUT2D eigenvalue weighted by atomic mass is 9.70. The fraction of sp³-hybridized carbons (Fsp3) is 0.700. The van der Waals surface area contributed by atoms with E-state index in [1.54, 1.807) is 17.8 Å². The first-order valence-corrected chi connectivity index (χ1v) is 12.4. The molecule has 3 rings (SSSR count). The van der Waals surface area contributed by atoms with Gasteiger partial charge in [-0.15, -0.1) is 5.10 Å². The van der Waals surface area contributed by atoms with Crippen LogP contribution in [0.15, 0.2) is 6.20 Å².